The van der Waals surface area contributed by atoms with E-state index in [1.165, 1.54) is 225 Å². The van der Waals surface area contributed by atoms with E-state index in [1.807, 2.05) is 6.08 Å². The van der Waals surface area contributed by atoms with Crippen molar-refractivity contribution in [1.82, 2.24) is 5.32 Å². The number of rotatable bonds is 53. The average molecular weight is 1020 g/mol. The molecule has 9 nitrogen and oxygen atoms in total. The Morgan fingerprint density at radius 1 is 0.458 bits per heavy atom. The first-order chi connectivity index (χ1) is 35.3. The first-order valence-electron chi connectivity index (χ1n) is 30.9. The van der Waals surface area contributed by atoms with Crippen LogP contribution in [-0.4, -0.2) is 87.5 Å². The molecule has 7 unspecified atom stereocenters. The Balaban J connectivity index is 2.24. The van der Waals surface area contributed by atoms with Crippen LogP contribution >= 0.6 is 0 Å². The highest BCUT2D eigenvalue weighted by Gasteiger charge is 2.44. The maximum Gasteiger partial charge on any atom is 0.220 e. The van der Waals surface area contributed by atoms with Crippen molar-refractivity contribution in [3.8, 4) is 0 Å². The zero-order valence-electron chi connectivity index (χ0n) is 46.9. The number of ether oxygens (including phenoxy) is 2. The maximum absolute atomic E-state index is 13.1. The summed E-state index contributed by atoms with van der Waals surface area (Å²) < 4.78 is 11.3. The topological polar surface area (TPSA) is 149 Å². The molecule has 422 valence electrons. The minimum atomic E-state index is -1.58. The third kappa shape index (κ3) is 41.4. The molecule has 1 heterocycles. The van der Waals surface area contributed by atoms with Crippen LogP contribution in [0.3, 0.4) is 0 Å². The quantitative estimate of drug-likeness (QED) is 0.0261. The second kappa shape index (κ2) is 52.6. The van der Waals surface area contributed by atoms with Gasteiger partial charge in [-0.3, -0.25) is 4.79 Å². The van der Waals surface area contributed by atoms with Crippen molar-refractivity contribution < 1.29 is 39.8 Å². The molecule has 1 aliphatic heterocycles. The SMILES string of the molecule is CCCCCCCCCCCCCC/C=C\CCCCCCCCCCC(=O)NC(COC1OC(CO)C(O)C(O)C1O)C(O)/C=C/CC/C=C/CC/C=C/CCCCCCCCCCCCCCCCC. The van der Waals surface area contributed by atoms with Gasteiger partial charge in [-0.2, -0.15) is 0 Å². The van der Waals surface area contributed by atoms with Crippen LogP contribution in [0.2, 0.25) is 0 Å². The predicted octanol–water partition coefficient (Wildman–Crippen LogP) is 15.7. The number of hydrogen-bond donors (Lipinski definition) is 6. The summed E-state index contributed by atoms with van der Waals surface area (Å²) in [5.74, 6) is -0.191. The fourth-order valence-corrected chi connectivity index (χ4v) is 9.72. The van der Waals surface area contributed by atoms with Gasteiger partial charge in [-0.05, 0) is 70.6 Å². The Labute approximate surface area is 444 Å². The third-order valence-electron chi connectivity index (χ3n) is 14.6. The largest absolute Gasteiger partial charge is 0.394 e. The minimum Gasteiger partial charge on any atom is -0.394 e. The molecular formula is C63H117NO8. The molecule has 1 saturated heterocycles. The lowest BCUT2D eigenvalue weighted by atomic mass is 9.99. The Bertz CT molecular complexity index is 1270. The lowest BCUT2D eigenvalue weighted by Crippen LogP contribution is -2.60. The minimum absolute atomic E-state index is 0.191. The standard InChI is InChI=1S/C63H117NO8/c1-3-5-7-9-11-13-15-17-19-21-23-25-27-29-30-32-34-36-38-40-42-44-46-48-50-52-57(66)56(55-71-63-62(70)61(69)60(68)58(54-65)72-63)64-59(67)53-51-49-47-45-43-41-39-37-35-33-31-28-26-24-22-20-18-16-14-12-10-8-6-4-2/h31,33-34,36,42,44,50,52,56-58,60-63,65-66,68-70H,3-30,32,35,37-41,43,45-49,51,53-55H2,1-2H3,(H,64,67)/b33-31-,36-34+,44-42+,52-50+. The van der Waals surface area contributed by atoms with Crippen LogP contribution in [0.15, 0.2) is 48.6 Å². The second-order valence-corrected chi connectivity index (χ2v) is 21.5. The molecule has 7 atom stereocenters. The van der Waals surface area contributed by atoms with E-state index in [4.69, 9.17) is 9.47 Å². The Kier molecular flexibility index (Phi) is 49.8. The molecule has 6 N–H and O–H groups in total. The van der Waals surface area contributed by atoms with Gasteiger partial charge in [0.25, 0.3) is 0 Å². The average Bonchev–Trinajstić information content (AvgIpc) is 3.38. The number of nitrogens with one attached hydrogen (secondary N) is 1. The maximum atomic E-state index is 13.1. The van der Waals surface area contributed by atoms with Gasteiger partial charge < -0.3 is 40.3 Å². The van der Waals surface area contributed by atoms with Gasteiger partial charge in [-0.15, -0.1) is 0 Å². The summed E-state index contributed by atoms with van der Waals surface area (Å²) in [6, 6.07) is -0.831. The van der Waals surface area contributed by atoms with Crippen molar-refractivity contribution in [3.63, 3.8) is 0 Å². The van der Waals surface area contributed by atoms with Crippen LogP contribution in [0, 0.1) is 0 Å². The molecule has 0 radical (unpaired) electrons. The molecule has 0 spiro atoms. The summed E-state index contributed by atoms with van der Waals surface area (Å²) >= 11 is 0. The summed E-state index contributed by atoms with van der Waals surface area (Å²) in [5, 5.41) is 54.6. The second-order valence-electron chi connectivity index (χ2n) is 21.5. The predicted molar refractivity (Wildman–Crippen MR) is 304 cm³/mol. The van der Waals surface area contributed by atoms with Crippen LogP contribution < -0.4 is 5.32 Å². The molecule has 0 aromatic carbocycles. The fourth-order valence-electron chi connectivity index (χ4n) is 9.72. The highest BCUT2D eigenvalue weighted by molar-refractivity contribution is 5.76. The first kappa shape index (κ1) is 68.2. The van der Waals surface area contributed by atoms with E-state index in [2.05, 4.69) is 55.6 Å². The van der Waals surface area contributed by atoms with E-state index < -0.39 is 49.5 Å². The Hall–Kier alpha value is -1.85. The highest BCUT2D eigenvalue weighted by atomic mass is 16.7. The molecule has 0 aromatic rings. The third-order valence-corrected chi connectivity index (χ3v) is 14.6. The molecule has 1 aliphatic rings. The Morgan fingerprint density at radius 2 is 0.792 bits per heavy atom. The molecule has 1 rings (SSSR count). The summed E-state index contributed by atoms with van der Waals surface area (Å²) in [6.45, 7) is 3.79. The molecule has 1 fully saturated rings. The molecule has 72 heavy (non-hydrogen) atoms. The van der Waals surface area contributed by atoms with Crippen LogP contribution in [-0.2, 0) is 14.3 Å². The number of carbonyl (C=O) groups excluding carboxylic acids is 1. The summed E-state index contributed by atoms with van der Waals surface area (Å²) in [4.78, 5) is 13.1. The molecule has 0 bridgehead atoms. The van der Waals surface area contributed by atoms with Crippen molar-refractivity contribution in [1.29, 1.82) is 0 Å². The smallest absolute Gasteiger partial charge is 0.220 e. The first-order valence-corrected chi connectivity index (χ1v) is 30.9. The van der Waals surface area contributed by atoms with Crippen LogP contribution in [0.5, 0.6) is 0 Å². The molecular weight excluding hydrogens is 899 g/mol. The number of amides is 1. The van der Waals surface area contributed by atoms with E-state index in [0.717, 1.165) is 44.9 Å². The monoisotopic (exact) mass is 1020 g/mol. The number of aliphatic hydroxyl groups is 5. The molecule has 0 aromatic heterocycles. The zero-order chi connectivity index (χ0) is 52.2. The lowest BCUT2D eigenvalue weighted by molar-refractivity contribution is -0.302. The van der Waals surface area contributed by atoms with Crippen LogP contribution in [0.1, 0.15) is 290 Å². The van der Waals surface area contributed by atoms with E-state index in [0.29, 0.717) is 6.42 Å². The van der Waals surface area contributed by atoms with E-state index in [-0.39, 0.29) is 12.5 Å². The number of carbonyl (C=O) groups is 1. The van der Waals surface area contributed by atoms with Crippen LogP contribution in [0.25, 0.3) is 0 Å². The van der Waals surface area contributed by atoms with E-state index in [1.54, 1.807) is 6.08 Å². The van der Waals surface area contributed by atoms with E-state index >= 15 is 0 Å². The van der Waals surface area contributed by atoms with Gasteiger partial charge in [0.2, 0.25) is 5.91 Å². The van der Waals surface area contributed by atoms with E-state index in [9.17, 15) is 30.3 Å². The summed E-state index contributed by atoms with van der Waals surface area (Å²) in [6.07, 6.45) is 63.3. The van der Waals surface area contributed by atoms with Crippen molar-refractivity contribution in [2.45, 2.75) is 333 Å². The molecule has 9 heteroatoms. The summed E-state index contributed by atoms with van der Waals surface area (Å²) in [5.41, 5.74) is 0. The Morgan fingerprint density at radius 3 is 1.17 bits per heavy atom. The van der Waals surface area contributed by atoms with Gasteiger partial charge in [0.05, 0.1) is 25.4 Å². The van der Waals surface area contributed by atoms with Gasteiger partial charge in [0, 0.05) is 6.42 Å². The van der Waals surface area contributed by atoms with Gasteiger partial charge in [-0.25, -0.2) is 0 Å². The van der Waals surface area contributed by atoms with Crippen LogP contribution in [0.4, 0.5) is 0 Å². The normalized spacial score (nSPS) is 19.5. The van der Waals surface area contributed by atoms with Gasteiger partial charge in [0.1, 0.15) is 24.4 Å². The molecule has 1 amide bonds. The van der Waals surface area contributed by atoms with Gasteiger partial charge >= 0.3 is 0 Å². The summed E-state index contributed by atoms with van der Waals surface area (Å²) in [7, 11) is 0. The number of allylic oxidation sites excluding steroid dienone is 7. The number of aliphatic hydroxyl groups excluding tert-OH is 5. The number of unbranched alkanes of at least 4 members (excludes halogenated alkanes) is 37. The molecule has 0 aliphatic carbocycles. The van der Waals surface area contributed by atoms with Gasteiger partial charge in [0.15, 0.2) is 6.29 Å². The van der Waals surface area contributed by atoms with Gasteiger partial charge in [-0.1, -0.05) is 262 Å². The van der Waals surface area contributed by atoms with Crippen molar-refractivity contribution in [2.24, 2.45) is 0 Å². The van der Waals surface area contributed by atoms with Crippen molar-refractivity contribution in [3.05, 3.63) is 48.6 Å². The van der Waals surface area contributed by atoms with Crippen molar-refractivity contribution in [2.75, 3.05) is 13.2 Å². The highest BCUT2D eigenvalue weighted by Crippen LogP contribution is 2.23. The molecule has 0 saturated carbocycles. The number of hydrogen-bond acceptors (Lipinski definition) is 8. The van der Waals surface area contributed by atoms with Crippen molar-refractivity contribution >= 4 is 5.91 Å². The zero-order valence-corrected chi connectivity index (χ0v) is 46.9. The fraction of sp³-hybridized carbons (Fsp3) is 0.857. The lowest BCUT2D eigenvalue weighted by Gasteiger charge is -2.40.